The van der Waals surface area contributed by atoms with Gasteiger partial charge < -0.3 is 14.2 Å². The van der Waals surface area contributed by atoms with Crippen LogP contribution in [0.25, 0.3) is 0 Å². The van der Waals surface area contributed by atoms with E-state index in [0.717, 1.165) is 5.56 Å². The summed E-state index contributed by atoms with van der Waals surface area (Å²) in [6, 6.07) is 10.5. The fourth-order valence-electron chi connectivity index (χ4n) is 2.10. The number of hydrogen-bond donors (Lipinski definition) is 0. The molecule has 0 fully saturated rings. The molecule has 6 heteroatoms. The lowest BCUT2D eigenvalue weighted by Gasteiger charge is -2.20. The number of rotatable bonds is 3. The third-order valence-electron chi connectivity index (χ3n) is 3.11. The molecule has 1 aliphatic rings. The van der Waals surface area contributed by atoms with Crippen molar-refractivity contribution in [3.63, 3.8) is 0 Å². The van der Waals surface area contributed by atoms with E-state index in [1.54, 1.807) is 24.3 Å². The molecule has 0 amide bonds. The molecule has 0 aliphatic carbocycles. The number of nitriles is 1. The van der Waals surface area contributed by atoms with Crippen molar-refractivity contribution in [2.45, 2.75) is 6.61 Å². The highest BCUT2D eigenvalue weighted by molar-refractivity contribution is 6.32. The molecule has 3 rings (SSSR count). The van der Waals surface area contributed by atoms with Crippen LogP contribution in [0.1, 0.15) is 11.1 Å². The molecule has 22 heavy (non-hydrogen) atoms. The minimum atomic E-state index is 0.280. The number of benzene rings is 2. The molecule has 0 saturated carbocycles. The summed E-state index contributed by atoms with van der Waals surface area (Å²) in [7, 11) is 0. The highest BCUT2D eigenvalue weighted by Gasteiger charge is 2.17. The van der Waals surface area contributed by atoms with E-state index in [9.17, 15) is 0 Å². The van der Waals surface area contributed by atoms with Gasteiger partial charge in [-0.3, -0.25) is 0 Å². The summed E-state index contributed by atoms with van der Waals surface area (Å²) in [6.45, 7) is 1.26. The second kappa shape index (κ2) is 6.35. The second-order valence-corrected chi connectivity index (χ2v) is 5.46. The van der Waals surface area contributed by atoms with Crippen molar-refractivity contribution in [3.8, 4) is 23.3 Å². The first kappa shape index (κ1) is 14.8. The van der Waals surface area contributed by atoms with E-state index < -0.39 is 0 Å². The Morgan fingerprint density at radius 1 is 1.09 bits per heavy atom. The Bertz CT molecular complexity index is 756. The summed E-state index contributed by atoms with van der Waals surface area (Å²) in [5, 5.41) is 9.69. The maximum absolute atomic E-state index is 8.81. The van der Waals surface area contributed by atoms with Gasteiger partial charge in [-0.25, -0.2) is 0 Å². The minimum Gasteiger partial charge on any atom is -0.487 e. The summed E-state index contributed by atoms with van der Waals surface area (Å²) < 4.78 is 16.7. The van der Waals surface area contributed by atoms with Crippen LogP contribution in [-0.2, 0) is 6.61 Å². The summed E-state index contributed by atoms with van der Waals surface area (Å²) in [4.78, 5) is 0. The average Bonchev–Trinajstić information content (AvgIpc) is 2.53. The second-order valence-electron chi connectivity index (χ2n) is 4.65. The Morgan fingerprint density at radius 2 is 1.91 bits per heavy atom. The number of nitrogens with zero attached hydrogens (tertiary/aromatic N) is 1. The molecule has 1 aliphatic heterocycles. The van der Waals surface area contributed by atoms with Crippen LogP contribution in [0.2, 0.25) is 10.0 Å². The molecule has 4 nitrogen and oxygen atoms in total. The van der Waals surface area contributed by atoms with Crippen LogP contribution in [-0.4, -0.2) is 13.2 Å². The van der Waals surface area contributed by atoms with Gasteiger partial charge in [-0.05, 0) is 35.9 Å². The minimum absolute atomic E-state index is 0.280. The molecule has 0 saturated heterocycles. The molecule has 0 atom stereocenters. The largest absolute Gasteiger partial charge is 0.487 e. The first-order chi connectivity index (χ1) is 10.7. The van der Waals surface area contributed by atoms with Gasteiger partial charge in [-0.1, -0.05) is 23.2 Å². The molecule has 112 valence electrons. The third-order valence-corrected chi connectivity index (χ3v) is 3.69. The number of halogens is 2. The van der Waals surface area contributed by atoms with Crippen molar-refractivity contribution in [2.24, 2.45) is 0 Å². The van der Waals surface area contributed by atoms with Crippen molar-refractivity contribution in [1.29, 1.82) is 5.26 Å². The predicted octanol–water partition coefficient (Wildman–Crippen LogP) is 4.22. The number of hydrogen-bond acceptors (Lipinski definition) is 4. The number of ether oxygens (including phenoxy) is 3. The topological polar surface area (TPSA) is 51.5 Å². The van der Waals surface area contributed by atoms with Gasteiger partial charge in [0.25, 0.3) is 0 Å². The van der Waals surface area contributed by atoms with Crippen LogP contribution in [0.3, 0.4) is 0 Å². The lowest BCUT2D eigenvalue weighted by atomic mass is 10.2. The van der Waals surface area contributed by atoms with Crippen molar-refractivity contribution >= 4 is 23.2 Å². The van der Waals surface area contributed by atoms with Gasteiger partial charge in [0.1, 0.15) is 25.6 Å². The molecular weight excluding hydrogens is 325 g/mol. The fraction of sp³-hybridized carbons (Fsp3) is 0.188. The zero-order valence-corrected chi connectivity index (χ0v) is 12.9. The van der Waals surface area contributed by atoms with Gasteiger partial charge in [0.15, 0.2) is 11.5 Å². The Morgan fingerprint density at radius 3 is 2.68 bits per heavy atom. The average molecular weight is 336 g/mol. The van der Waals surface area contributed by atoms with E-state index >= 15 is 0 Å². The highest BCUT2D eigenvalue weighted by atomic mass is 35.5. The fourth-order valence-corrected chi connectivity index (χ4v) is 2.62. The predicted molar refractivity (Wildman–Crippen MR) is 82.9 cm³/mol. The van der Waals surface area contributed by atoms with E-state index in [4.69, 9.17) is 42.7 Å². The van der Waals surface area contributed by atoms with Crippen LogP contribution >= 0.6 is 23.2 Å². The molecule has 2 aromatic rings. The first-order valence-corrected chi connectivity index (χ1v) is 7.33. The summed E-state index contributed by atoms with van der Waals surface area (Å²) in [5.41, 5.74) is 1.33. The van der Waals surface area contributed by atoms with Crippen molar-refractivity contribution in [1.82, 2.24) is 0 Å². The summed E-state index contributed by atoms with van der Waals surface area (Å²) in [6.07, 6.45) is 0. The molecule has 1 heterocycles. The van der Waals surface area contributed by atoms with Crippen LogP contribution in [0.15, 0.2) is 30.3 Å². The van der Waals surface area contributed by atoms with Crippen molar-refractivity contribution in [3.05, 3.63) is 51.5 Å². The first-order valence-electron chi connectivity index (χ1n) is 6.58. The Labute approximate surface area is 137 Å². The smallest absolute Gasteiger partial charge is 0.179 e. The maximum Gasteiger partial charge on any atom is 0.179 e. The molecular formula is C16H11Cl2NO3. The van der Waals surface area contributed by atoms with E-state index in [1.165, 1.54) is 0 Å². The highest BCUT2D eigenvalue weighted by Crippen LogP contribution is 2.38. The van der Waals surface area contributed by atoms with Gasteiger partial charge in [0.05, 0.1) is 21.7 Å². The number of fused-ring (bicyclic) bond motifs is 1. The van der Waals surface area contributed by atoms with Crippen molar-refractivity contribution < 1.29 is 14.2 Å². The van der Waals surface area contributed by atoms with Gasteiger partial charge in [0, 0.05) is 0 Å². The van der Waals surface area contributed by atoms with E-state index in [0.29, 0.717) is 46.1 Å². The zero-order valence-electron chi connectivity index (χ0n) is 11.4. The zero-order chi connectivity index (χ0) is 15.5. The third kappa shape index (κ3) is 3.06. The SMILES string of the molecule is N#Cc1ccc(OCc2cc(Cl)c3c(c2)OCCO3)c(Cl)c1. The van der Waals surface area contributed by atoms with E-state index in [2.05, 4.69) is 0 Å². The van der Waals surface area contributed by atoms with Crippen molar-refractivity contribution in [2.75, 3.05) is 13.2 Å². The van der Waals surface area contributed by atoms with E-state index in [-0.39, 0.29) is 6.61 Å². The summed E-state index contributed by atoms with van der Waals surface area (Å²) in [5.74, 6) is 1.68. The van der Waals surface area contributed by atoms with Gasteiger partial charge >= 0.3 is 0 Å². The molecule has 2 aromatic carbocycles. The van der Waals surface area contributed by atoms with Crippen LogP contribution in [0, 0.1) is 11.3 Å². The Hall–Kier alpha value is -2.09. The monoisotopic (exact) mass is 335 g/mol. The molecule has 0 aromatic heterocycles. The molecule has 0 bridgehead atoms. The van der Waals surface area contributed by atoms with Crippen LogP contribution in [0.5, 0.6) is 17.2 Å². The van der Waals surface area contributed by atoms with Gasteiger partial charge in [0.2, 0.25) is 0 Å². The van der Waals surface area contributed by atoms with Crippen LogP contribution in [0.4, 0.5) is 0 Å². The molecule has 0 spiro atoms. The van der Waals surface area contributed by atoms with Gasteiger partial charge in [-0.2, -0.15) is 5.26 Å². The van der Waals surface area contributed by atoms with Gasteiger partial charge in [-0.15, -0.1) is 0 Å². The van der Waals surface area contributed by atoms with E-state index in [1.807, 2.05) is 12.1 Å². The maximum atomic E-state index is 8.81. The Kier molecular flexibility index (Phi) is 4.28. The quantitative estimate of drug-likeness (QED) is 0.842. The molecule has 0 N–H and O–H groups in total. The van der Waals surface area contributed by atoms with Crippen LogP contribution < -0.4 is 14.2 Å². The lowest BCUT2D eigenvalue weighted by molar-refractivity contribution is 0.171. The Balaban J connectivity index is 1.77. The normalized spacial score (nSPS) is 12.6. The molecule has 0 radical (unpaired) electrons. The summed E-state index contributed by atoms with van der Waals surface area (Å²) >= 11 is 12.3. The standard InChI is InChI=1S/C16H11Cl2NO3/c17-12-5-10(8-19)1-2-14(12)22-9-11-6-13(18)16-15(7-11)20-3-4-21-16/h1-2,5-7H,3-4,9H2. The lowest BCUT2D eigenvalue weighted by Crippen LogP contribution is -2.16. The molecule has 0 unspecified atom stereocenters.